The first kappa shape index (κ1) is 15.2. The summed E-state index contributed by atoms with van der Waals surface area (Å²) in [6.07, 6.45) is -0.817. The Kier molecular flexibility index (Phi) is 4.40. The number of hydrogen-bond donors (Lipinski definition) is 1. The quantitative estimate of drug-likeness (QED) is 0.868. The zero-order chi connectivity index (χ0) is 15.5. The smallest absolute Gasteiger partial charge is 0.303 e. The highest BCUT2D eigenvalue weighted by Crippen LogP contribution is 2.40. The molecule has 0 spiro atoms. The summed E-state index contributed by atoms with van der Waals surface area (Å²) in [5, 5.41) is 9.61. The van der Waals surface area contributed by atoms with Crippen LogP contribution < -0.4 is 4.74 Å². The lowest BCUT2D eigenvalue weighted by Gasteiger charge is -2.19. The van der Waals surface area contributed by atoms with Crippen LogP contribution in [-0.4, -0.2) is 18.2 Å². The number of halogens is 2. The van der Waals surface area contributed by atoms with Gasteiger partial charge in [0.2, 0.25) is 0 Å². The van der Waals surface area contributed by atoms with E-state index in [0.717, 1.165) is 0 Å². The molecule has 0 atom stereocenters. The van der Waals surface area contributed by atoms with Crippen molar-refractivity contribution in [1.29, 1.82) is 0 Å². The van der Waals surface area contributed by atoms with Gasteiger partial charge < -0.3 is 9.84 Å². The Hall–Kier alpha value is -2.17. The van der Waals surface area contributed by atoms with E-state index in [9.17, 15) is 13.6 Å². The highest BCUT2D eigenvalue weighted by molar-refractivity contribution is 5.91. The molecule has 0 aliphatic heterocycles. The zero-order valence-electron chi connectivity index (χ0n) is 11.6. The van der Waals surface area contributed by atoms with E-state index in [1.165, 1.54) is 19.2 Å². The van der Waals surface area contributed by atoms with E-state index >= 15 is 0 Å². The Labute approximate surface area is 121 Å². The Bertz CT molecular complexity index is 653. The maximum atomic E-state index is 14.3. The molecule has 2 rings (SSSR count). The summed E-state index contributed by atoms with van der Waals surface area (Å²) < 4.78 is 33.9. The summed E-state index contributed by atoms with van der Waals surface area (Å²) in [4.78, 5) is 10.5. The average Bonchev–Trinajstić information content (AvgIpc) is 2.45. The van der Waals surface area contributed by atoms with Crippen molar-refractivity contribution in [2.24, 2.45) is 0 Å². The number of aliphatic carboxylic acids is 1. The number of methoxy groups -OCH3 is 1. The normalized spacial score (nSPS) is 11.6. The number of carbonyl (C=O) groups is 1. The van der Waals surface area contributed by atoms with Gasteiger partial charge in [0, 0.05) is 23.8 Å². The van der Waals surface area contributed by atoms with Gasteiger partial charge in [-0.3, -0.25) is 4.79 Å². The first-order valence-electron chi connectivity index (χ1n) is 6.61. The third kappa shape index (κ3) is 3.29. The van der Waals surface area contributed by atoms with Crippen molar-refractivity contribution in [3.8, 4) is 5.75 Å². The lowest BCUT2D eigenvalue weighted by atomic mass is 9.96. The minimum absolute atomic E-state index is 0.0668. The molecule has 0 aromatic heterocycles. The molecular weight excluding hydrogens is 278 g/mol. The van der Waals surface area contributed by atoms with Gasteiger partial charge in [-0.25, -0.2) is 8.78 Å². The molecule has 3 nitrogen and oxygen atoms in total. The molecule has 112 valence electrons. The van der Waals surface area contributed by atoms with Gasteiger partial charge in [-0.1, -0.05) is 24.3 Å². The summed E-state index contributed by atoms with van der Waals surface area (Å²) in [7, 11) is 1.49. The number of fused-ring (bicyclic) bond motifs is 1. The Morgan fingerprint density at radius 2 is 1.86 bits per heavy atom. The Morgan fingerprint density at radius 3 is 2.48 bits per heavy atom. The highest BCUT2D eigenvalue weighted by Gasteiger charge is 2.33. The zero-order valence-corrected chi connectivity index (χ0v) is 11.6. The number of ether oxygens (including phenoxy) is 1. The van der Waals surface area contributed by atoms with Crippen molar-refractivity contribution in [3.63, 3.8) is 0 Å². The molecule has 0 heterocycles. The molecule has 0 amide bonds. The minimum atomic E-state index is -3.07. The van der Waals surface area contributed by atoms with E-state index in [-0.39, 0.29) is 18.4 Å². The second-order valence-corrected chi connectivity index (χ2v) is 4.81. The molecule has 0 unspecified atom stereocenters. The Morgan fingerprint density at radius 1 is 1.19 bits per heavy atom. The van der Waals surface area contributed by atoms with Crippen LogP contribution in [0.4, 0.5) is 8.78 Å². The minimum Gasteiger partial charge on any atom is -0.496 e. The molecule has 2 aromatic rings. The van der Waals surface area contributed by atoms with Crippen molar-refractivity contribution in [1.82, 2.24) is 0 Å². The van der Waals surface area contributed by atoms with Gasteiger partial charge >= 0.3 is 5.97 Å². The molecule has 0 saturated heterocycles. The van der Waals surface area contributed by atoms with Crippen molar-refractivity contribution < 1.29 is 23.4 Å². The molecule has 0 saturated carbocycles. The van der Waals surface area contributed by atoms with E-state index in [1.807, 2.05) is 0 Å². The third-order valence-electron chi connectivity index (χ3n) is 3.38. The van der Waals surface area contributed by atoms with Crippen molar-refractivity contribution in [2.45, 2.75) is 25.2 Å². The summed E-state index contributed by atoms with van der Waals surface area (Å²) >= 11 is 0. The predicted molar refractivity (Wildman–Crippen MR) is 75.9 cm³/mol. The first-order valence-corrected chi connectivity index (χ1v) is 6.61. The van der Waals surface area contributed by atoms with Gasteiger partial charge in [-0.15, -0.1) is 0 Å². The topological polar surface area (TPSA) is 46.5 Å². The molecule has 0 aliphatic carbocycles. The lowest BCUT2D eigenvalue weighted by Crippen LogP contribution is -2.14. The second-order valence-electron chi connectivity index (χ2n) is 4.81. The third-order valence-corrected chi connectivity index (χ3v) is 3.38. The summed E-state index contributed by atoms with van der Waals surface area (Å²) in [6.45, 7) is 0. The van der Waals surface area contributed by atoms with Crippen molar-refractivity contribution >= 4 is 16.7 Å². The first-order chi connectivity index (χ1) is 9.95. The van der Waals surface area contributed by atoms with Crippen LogP contribution in [0.15, 0.2) is 36.4 Å². The maximum Gasteiger partial charge on any atom is 0.303 e. The van der Waals surface area contributed by atoms with Crippen LogP contribution in [-0.2, 0) is 10.7 Å². The number of hydrogen-bond acceptors (Lipinski definition) is 2. The van der Waals surface area contributed by atoms with Gasteiger partial charge in [0.05, 0.1) is 7.11 Å². The number of rotatable bonds is 6. The molecule has 2 aromatic carbocycles. The predicted octanol–water partition coefficient (Wildman–Crippen LogP) is 4.20. The lowest BCUT2D eigenvalue weighted by molar-refractivity contribution is -0.137. The van der Waals surface area contributed by atoms with Gasteiger partial charge in [0.15, 0.2) is 0 Å². The summed E-state index contributed by atoms with van der Waals surface area (Å²) in [5.41, 5.74) is -0.0933. The Balaban J connectivity index is 2.39. The SMILES string of the molecule is COc1ccc(C(F)(F)CCCC(=O)O)c2ccccc12. The molecule has 0 aliphatic rings. The molecule has 21 heavy (non-hydrogen) atoms. The fourth-order valence-corrected chi connectivity index (χ4v) is 2.36. The van der Waals surface area contributed by atoms with Gasteiger partial charge in [0.1, 0.15) is 5.75 Å². The molecule has 0 bridgehead atoms. The number of alkyl halides is 2. The van der Waals surface area contributed by atoms with Gasteiger partial charge in [-0.2, -0.15) is 0 Å². The second kappa shape index (κ2) is 6.08. The van der Waals surface area contributed by atoms with E-state index in [2.05, 4.69) is 0 Å². The van der Waals surface area contributed by atoms with Crippen LogP contribution in [0, 0.1) is 0 Å². The van der Waals surface area contributed by atoms with E-state index in [1.54, 1.807) is 24.3 Å². The van der Waals surface area contributed by atoms with Crippen LogP contribution in [0.25, 0.3) is 10.8 Å². The van der Waals surface area contributed by atoms with Crippen molar-refractivity contribution in [2.75, 3.05) is 7.11 Å². The maximum absolute atomic E-state index is 14.3. The van der Waals surface area contributed by atoms with Crippen LogP contribution in [0.1, 0.15) is 24.8 Å². The van der Waals surface area contributed by atoms with Gasteiger partial charge in [0.25, 0.3) is 5.92 Å². The van der Waals surface area contributed by atoms with E-state index in [0.29, 0.717) is 16.5 Å². The van der Waals surface area contributed by atoms with E-state index in [4.69, 9.17) is 9.84 Å². The average molecular weight is 294 g/mol. The molecule has 0 fully saturated rings. The number of carboxylic acids is 1. The fraction of sp³-hybridized carbons (Fsp3) is 0.312. The molecular formula is C16H16F2O3. The fourth-order valence-electron chi connectivity index (χ4n) is 2.36. The molecule has 1 N–H and O–H groups in total. The summed E-state index contributed by atoms with van der Waals surface area (Å²) in [5.74, 6) is -3.59. The standard InChI is InChI=1S/C16H16F2O3/c1-21-14-9-8-13(11-5-2-3-6-12(11)14)16(17,18)10-4-7-15(19)20/h2-3,5-6,8-9H,4,7,10H2,1H3,(H,19,20). The van der Waals surface area contributed by atoms with Crippen LogP contribution in [0.2, 0.25) is 0 Å². The van der Waals surface area contributed by atoms with Crippen LogP contribution in [0.3, 0.4) is 0 Å². The van der Waals surface area contributed by atoms with Crippen molar-refractivity contribution in [3.05, 3.63) is 42.0 Å². The van der Waals surface area contributed by atoms with Gasteiger partial charge in [-0.05, 0) is 23.9 Å². The largest absolute Gasteiger partial charge is 0.496 e. The van der Waals surface area contributed by atoms with E-state index < -0.39 is 18.3 Å². The monoisotopic (exact) mass is 294 g/mol. The number of carboxylic acid groups (broad SMARTS) is 1. The molecule has 5 heteroatoms. The highest BCUT2D eigenvalue weighted by atomic mass is 19.3. The summed E-state index contributed by atoms with van der Waals surface area (Å²) in [6, 6.07) is 9.67. The van der Waals surface area contributed by atoms with Crippen LogP contribution >= 0.6 is 0 Å². The van der Waals surface area contributed by atoms with Crippen LogP contribution in [0.5, 0.6) is 5.75 Å². The number of benzene rings is 2. The molecule has 0 radical (unpaired) electrons.